The third kappa shape index (κ3) is 5.89. The molecule has 9 heteroatoms. The molecule has 1 unspecified atom stereocenters. The number of hydrogen-bond acceptors (Lipinski definition) is 7. The summed E-state index contributed by atoms with van der Waals surface area (Å²) >= 11 is 0. The number of nitrogens with one attached hydrogen (secondary N) is 2. The van der Waals surface area contributed by atoms with Gasteiger partial charge in [-0.05, 0) is 67.7 Å². The van der Waals surface area contributed by atoms with Gasteiger partial charge in [0.15, 0.2) is 5.76 Å². The van der Waals surface area contributed by atoms with E-state index in [9.17, 15) is 14.7 Å². The molecule has 3 N–H and O–H groups in total. The first-order chi connectivity index (χ1) is 17.9. The van der Waals surface area contributed by atoms with Crippen LogP contribution in [0.15, 0.2) is 71.8 Å². The minimum absolute atomic E-state index is 0.0160. The van der Waals surface area contributed by atoms with Gasteiger partial charge in [0.1, 0.15) is 0 Å². The molecule has 0 saturated carbocycles. The van der Waals surface area contributed by atoms with Crippen LogP contribution < -0.4 is 20.4 Å². The highest BCUT2D eigenvalue weighted by atomic mass is 16.6. The molecule has 1 atom stereocenters. The predicted octanol–water partition coefficient (Wildman–Crippen LogP) is 4.19. The molecule has 3 heterocycles. The molecule has 196 valence electrons. The maximum Gasteiger partial charge on any atom is 0.419 e. The second-order valence-electron chi connectivity index (χ2n) is 9.11. The maximum atomic E-state index is 13.5. The number of anilines is 2. The Kier molecular flexibility index (Phi) is 8.35. The monoisotopic (exact) mass is 506 g/mol. The lowest BCUT2D eigenvalue weighted by molar-refractivity contribution is 0.173. The van der Waals surface area contributed by atoms with Crippen LogP contribution in [-0.2, 0) is 9.47 Å². The second-order valence-corrected chi connectivity index (χ2v) is 9.11. The van der Waals surface area contributed by atoms with Crippen LogP contribution in [0.2, 0.25) is 0 Å². The molecule has 0 radical (unpaired) electrons. The third-order valence-electron chi connectivity index (χ3n) is 6.49. The number of hydrogen-bond donors (Lipinski definition) is 3. The van der Waals surface area contributed by atoms with Crippen LogP contribution >= 0.6 is 0 Å². The van der Waals surface area contributed by atoms with E-state index in [1.807, 2.05) is 37.3 Å². The van der Waals surface area contributed by atoms with Crippen LogP contribution in [-0.4, -0.2) is 56.7 Å². The number of amides is 2. The van der Waals surface area contributed by atoms with Crippen molar-refractivity contribution in [1.29, 1.82) is 0 Å². The first kappa shape index (κ1) is 26.1. The smallest absolute Gasteiger partial charge is 0.419 e. The van der Waals surface area contributed by atoms with Crippen molar-refractivity contribution in [1.82, 2.24) is 10.6 Å². The van der Waals surface area contributed by atoms with Crippen molar-refractivity contribution in [2.45, 2.75) is 32.2 Å². The quantitative estimate of drug-likeness (QED) is 0.477. The summed E-state index contributed by atoms with van der Waals surface area (Å²) < 4.78 is 10.9. The summed E-state index contributed by atoms with van der Waals surface area (Å²) in [6.45, 7) is 6.96. The number of ether oxygens (including phenoxy) is 2. The van der Waals surface area contributed by atoms with E-state index in [2.05, 4.69) is 17.2 Å². The van der Waals surface area contributed by atoms with E-state index >= 15 is 0 Å². The van der Waals surface area contributed by atoms with Gasteiger partial charge in [0.25, 0.3) is 0 Å². The average Bonchev–Trinajstić information content (AvgIpc) is 3.25. The fourth-order valence-electron chi connectivity index (χ4n) is 4.73. The Balaban J connectivity index is 1.71. The number of rotatable bonds is 7. The van der Waals surface area contributed by atoms with Gasteiger partial charge in [0.2, 0.25) is 0 Å². The highest BCUT2D eigenvalue weighted by Crippen LogP contribution is 2.38. The Bertz CT molecular complexity index is 1180. The van der Waals surface area contributed by atoms with Crippen molar-refractivity contribution in [3.8, 4) is 0 Å². The summed E-state index contributed by atoms with van der Waals surface area (Å²) in [6, 6.07) is 5.18. The van der Waals surface area contributed by atoms with Gasteiger partial charge in [-0.15, -0.1) is 0 Å². The van der Waals surface area contributed by atoms with Gasteiger partial charge >= 0.3 is 12.2 Å². The van der Waals surface area contributed by atoms with E-state index in [1.165, 1.54) is 12.7 Å². The van der Waals surface area contributed by atoms with Gasteiger partial charge in [-0.3, -0.25) is 9.80 Å². The number of nitrogens with zero attached hydrogens (tertiary/aromatic N) is 2. The molecule has 37 heavy (non-hydrogen) atoms. The lowest BCUT2D eigenvalue weighted by Gasteiger charge is -2.39. The van der Waals surface area contributed by atoms with Crippen molar-refractivity contribution in [2.75, 3.05) is 43.2 Å². The van der Waals surface area contributed by atoms with Crippen LogP contribution in [0.5, 0.6) is 0 Å². The molecule has 4 aliphatic rings. The average molecular weight is 507 g/mol. The standard InChI is InChI=1S/C28H34N4O5/c1-4-5-8-22(29-12-13-33)14-20-10-11-24-25(15-20)31(18-19(2)32(24)28(35)36-3)27(34)37-26-16-21-7-6-9-23(26)30-17-21/h4-5,8,10-11,14-16,19,29-30,33H,1,6-7,9,12-13,17-18H2,2-3H3/b8-5-,22-14-. The molecular formula is C28H34N4O5. The topological polar surface area (TPSA) is 103 Å². The van der Waals surface area contributed by atoms with E-state index in [1.54, 1.807) is 28.0 Å². The molecular weight excluding hydrogens is 472 g/mol. The number of carbonyl (C=O) groups excluding carboxylic acids is 2. The van der Waals surface area contributed by atoms with Crippen molar-refractivity contribution >= 4 is 29.6 Å². The highest BCUT2D eigenvalue weighted by Gasteiger charge is 2.37. The summed E-state index contributed by atoms with van der Waals surface area (Å²) in [7, 11) is 1.34. The van der Waals surface area contributed by atoms with Gasteiger partial charge in [-0.25, -0.2) is 9.59 Å². The van der Waals surface area contributed by atoms with Crippen LogP contribution in [0.3, 0.4) is 0 Å². The first-order valence-corrected chi connectivity index (χ1v) is 12.5. The van der Waals surface area contributed by atoms with E-state index in [0.717, 1.165) is 42.8 Å². The molecule has 1 aliphatic carbocycles. The molecule has 3 aliphatic heterocycles. The molecule has 9 nitrogen and oxygen atoms in total. The Hall–Kier alpha value is -3.98. The van der Waals surface area contributed by atoms with Crippen LogP contribution in [0, 0.1) is 0 Å². The first-order valence-electron chi connectivity index (χ1n) is 12.5. The Labute approximate surface area is 217 Å². The molecule has 2 amide bonds. The molecule has 1 aromatic rings. The number of methoxy groups -OCH3 is 1. The van der Waals surface area contributed by atoms with E-state index < -0.39 is 12.2 Å². The minimum atomic E-state index is -0.502. The SMILES string of the molecule is C=C/C=C\C(=C\c1ccc2c(c1)N(C(=O)OC1=C3CCCC(=C1)CN3)CC(C)N2C(=O)OC)NCCO. The van der Waals surface area contributed by atoms with Crippen LogP contribution in [0.4, 0.5) is 21.0 Å². The summed E-state index contributed by atoms with van der Waals surface area (Å²) in [5.41, 5.74) is 4.82. The van der Waals surface area contributed by atoms with E-state index in [-0.39, 0.29) is 19.2 Å². The number of aliphatic hydroxyl groups is 1. The molecule has 1 fully saturated rings. The maximum absolute atomic E-state index is 13.5. The van der Waals surface area contributed by atoms with Crippen molar-refractivity contribution < 1.29 is 24.2 Å². The summed E-state index contributed by atoms with van der Waals surface area (Å²) in [5.74, 6) is 0.564. The zero-order chi connectivity index (χ0) is 26.4. The molecule has 1 saturated heterocycles. The molecule has 2 bridgehead atoms. The largest absolute Gasteiger partial charge is 0.452 e. The zero-order valence-corrected chi connectivity index (χ0v) is 21.3. The molecule has 0 aromatic heterocycles. The van der Waals surface area contributed by atoms with Crippen molar-refractivity contribution in [3.63, 3.8) is 0 Å². The third-order valence-corrected chi connectivity index (χ3v) is 6.49. The van der Waals surface area contributed by atoms with Gasteiger partial charge < -0.3 is 25.2 Å². The summed E-state index contributed by atoms with van der Waals surface area (Å²) in [4.78, 5) is 29.3. The summed E-state index contributed by atoms with van der Waals surface area (Å²) in [5, 5.41) is 15.7. The van der Waals surface area contributed by atoms with Crippen LogP contribution in [0.25, 0.3) is 6.08 Å². The van der Waals surface area contributed by atoms with Crippen molar-refractivity contribution in [2.24, 2.45) is 0 Å². The van der Waals surface area contributed by atoms with E-state index in [4.69, 9.17) is 9.47 Å². The normalized spacial score (nSPS) is 19.2. The number of allylic oxidation sites excluding steroid dienone is 5. The van der Waals surface area contributed by atoms with Crippen LogP contribution in [0.1, 0.15) is 31.7 Å². The number of carbonyl (C=O) groups is 2. The van der Waals surface area contributed by atoms with Gasteiger partial charge in [-0.2, -0.15) is 0 Å². The number of dihydropyridines is 1. The molecule has 0 spiro atoms. The number of fused-ring (bicyclic) bond motifs is 5. The fourth-order valence-corrected chi connectivity index (χ4v) is 4.73. The lowest BCUT2D eigenvalue weighted by Crippen LogP contribution is -2.52. The lowest BCUT2D eigenvalue weighted by atomic mass is 10.0. The predicted molar refractivity (Wildman–Crippen MR) is 144 cm³/mol. The Morgan fingerprint density at radius 3 is 2.86 bits per heavy atom. The number of benzene rings is 1. The summed E-state index contributed by atoms with van der Waals surface area (Å²) in [6.07, 6.45) is 11.0. The van der Waals surface area contributed by atoms with Crippen molar-refractivity contribution in [3.05, 3.63) is 77.4 Å². The Morgan fingerprint density at radius 2 is 2.11 bits per heavy atom. The zero-order valence-electron chi connectivity index (χ0n) is 21.3. The van der Waals surface area contributed by atoms with Gasteiger partial charge in [-0.1, -0.05) is 24.8 Å². The highest BCUT2D eigenvalue weighted by molar-refractivity contribution is 6.01. The minimum Gasteiger partial charge on any atom is -0.452 e. The Morgan fingerprint density at radius 1 is 1.27 bits per heavy atom. The fraction of sp³-hybridized carbons (Fsp3) is 0.357. The number of aliphatic hydroxyl groups excluding tert-OH is 1. The van der Waals surface area contributed by atoms with Gasteiger partial charge in [0.05, 0.1) is 43.4 Å². The molecule has 1 aromatic carbocycles. The van der Waals surface area contributed by atoms with E-state index in [0.29, 0.717) is 23.7 Å². The second kappa shape index (κ2) is 11.8. The molecule has 5 rings (SSSR count). The van der Waals surface area contributed by atoms with Gasteiger partial charge in [0, 0.05) is 18.8 Å².